The van der Waals surface area contributed by atoms with Crippen molar-refractivity contribution < 1.29 is 9.15 Å². The highest BCUT2D eigenvalue weighted by molar-refractivity contribution is 6.09. The van der Waals surface area contributed by atoms with E-state index in [1.54, 1.807) is 0 Å². The maximum absolute atomic E-state index is 6.89. The van der Waals surface area contributed by atoms with Crippen LogP contribution in [0.2, 0.25) is 0 Å². The second kappa shape index (κ2) is 11.7. The minimum absolute atomic E-state index is 0.141. The third kappa shape index (κ3) is 4.61. The molecule has 1 aliphatic carbocycles. The zero-order valence-corrected chi connectivity index (χ0v) is 29.2. The molecule has 2 unspecified atom stereocenters. The number of ether oxygens (including phenoxy) is 1. The molecule has 2 aliphatic rings. The number of rotatable bonds is 5. The molecule has 0 saturated carbocycles. The van der Waals surface area contributed by atoms with E-state index in [2.05, 4.69) is 103 Å². The predicted molar refractivity (Wildman–Crippen MR) is 213 cm³/mol. The molecule has 11 rings (SSSR count). The number of allylic oxidation sites excluding steroid dienone is 2. The van der Waals surface area contributed by atoms with E-state index in [0.29, 0.717) is 23.4 Å². The summed E-state index contributed by atoms with van der Waals surface area (Å²) in [6.07, 6.45) is 6.31. The van der Waals surface area contributed by atoms with Gasteiger partial charge in [-0.1, -0.05) is 115 Å². The fourth-order valence-corrected chi connectivity index (χ4v) is 8.24. The van der Waals surface area contributed by atoms with Crippen molar-refractivity contribution in [2.24, 2.45) is 0 Å². The van der Waals surface area contributed by atoms with Crippen molar-refractivity contribution in [1.29, 1.82) is 0 Å². The first-order valence-electron chi connectivity index (χ1n) is 18.1. The van der Waals surface area contributed by atoms with Gasteiger partial charge in [0.25, 0.3) is 0 Å². The lowest BCUT2D eigenvalue weighted by atomic mass is 9.76. The van der Waals surface area contributed by atoms with Crippen molar-refractivity contribution in [2.45, 2.75) is 18.4 Å². The molecule has 0 N–H and O–H groups in total. The summed E-state index contributed by atoms with van der Waals surface area (Å²) in [6.45, 7) is 2.11. The molecule has 54 heavy (non-hydrogen) atoms. The molecular weight excluding hydrogens is 667 g/mol. The van der Waals surface area contributed by atoms with Gasteiger partial charge in [-0.3, -0.25) is 0 Å². The SMILES string of the molecule is CC12Oc3cccc(-c4nc(-c5ccccc5)nc(-c5cccc(-n6c7ccccc7c7ccccc76)c5)n4)c3C1C=CC=C2c1nc2ccccc2o1. The lowest BCUT2D eigenvalue weighted by Gasteiger charge is -2.32. The molecule has 0 fully saturated rings. The number of oxazole rings is 1. The third-order valence-electron chi connectivity index (χ3n) is 10.8. The van der Waals surface area contributed by atoms with Gasteiger partial charge in [0.1, 0.15) is 16.9 Å². The number of hydrogen-bond acceptors (Lipinski definition) is 6. The Morgan fingerprint density at radius 3 is 2.07 bits per heavy atom. The summed E-state index contributed by atoms with van der Waals surface area (Å²) >= 11 is 0. The van der Waals surface area contributed by atoms with Crippen molar-refractivity contribution in [3.8, 4) is 45.6 Å². The topological polar surface area (TPSA) is 78.9 Å². The Labute approximate surface area is 310 Å². The molecule has 0 amide bonds. The van der Waals surface area contributed by atoms with Crippen LogP contribution in [0.4, 0.5) is 0 Å². The van der Waals surface area contributed by atoms with Gasteiger partial charge in [0.05, 0.1) is 22.5 Å². The maximum Gasteiger partial charge on any atom is 0.227 e. The van der Waals surface area contributed by atoms with E-state index in [0.717, 1.165) is 61.4 Å². The zero-order valence-electron chi connectivity index (χ0n) is 29.2. The Kier molecular flexibility index (Phi) is 6.61. The van der Waals surface area contributed by atoms with Crippen LogP contribution < -0.4 is 4.74 Å². The molecular formula is C47H31N5O2. The van der Waals surface area contributed by atoms with Crippen LogP contribution >= 0.6 is 0 Å². The van der Waals surface area contributed by atoms with Crippen LogP contribution in [0.25, 0.3) is 78.3 Å². The highest BCUT2D eigenvalue weighted by Gasteiger charge is 2.50. The minimum Gasteiger partial charge on any atom is -0.481 e. The Morgan fingerprint density at radius 1 is 0.611 bits per heavy atom. The van der Waals surface area contributed by atoms with Crippen LogP contribution in [0, 0.1) is 0 Å². The van der Waals surface area contributed by atoms with Gasteiger partial charge in [-0.25, -0.2) is 19.9 Å². The normalized spacial score (nSPS) is 17.4. The van der Waals surface area contributed by atoms with Crippen molar-refractivity contribution in [3.63, 3.8) is 0 Å². The molecule has 0 saturated heterocycles. The first kappa shape index (κ1) is 30.5. The van der Waals surface area contributed by atoms with E-state index in [4.69, 9.17) is 29.1 Å². The lowest BCUT2D eigenvalue weighted by molar-refractivity contribution is 0.163. The Bertz CT molecular complexity index is 2930. The van der Waals surface area contributed by atoms with E-state index in [1.165, 1.54) is 10.8 Å². The number of nitrogens with zero attached hydrogens (tertiary/aromatic N) is 5. The van der Waals surface area contributed by atoms with Gasteiger partial charge in [-0.2, -0.15) is 0 Å². The summed E-state index contributed by atoms with van der Waals surface area (Å²) in [4.78, 5) is 20.3. The molecule has 7 nitrogen and oxygen atoms in total. The van der Waals surface area contributed by atoms with Gasteiger partial charge in [-0.05, 0) is 55.5 Å². The van der Waals surface area contributed by atoms with Crippen LogP contribution in [-0.4, -0.2) is 30.1 Å². The molecule has 3 aromatic heterocycles. The van der Waals surface area contributed by atoms with Gasteiger partial charge in [0, 0.05) is 38.7 Å². The second-order valence-corrected chi connectivity index (χ2v) is 13.9. The number of fused-ring (bicyclic) bond motifs is 7. The van der Waals surface area contributed by atoms with E-state index >= 15 is 0 Å². The molecule has 4 heterocycles. The van der Waals surface area contributed by atoms with Crippen LogP contribution in [0.5, 0.6) is 5.75 Å². The van der Waals surface area contributed by atoms with Gasteiger partial charge in [0.2, 0.25) is 5.89 Å². The highest BCUT2D eigenvalue weighted by Crippen LogP contribution is 2.55. The molecule has 0 bridgehead atoms. The van der Waals surface area contributed by atoms with Crippen molar-refractivity contribution >= 4 is 38.5 Å². The number of hydrogen-bond donors (Lipinski definition) is 0. The fraction of sp³-hybridized carbons (Fsp3) is 0.0638. The third-order valence-corrected chi connectivity index (χ3v) is 10.8. The number of benzene rings is 6. The van der Waals surface area contributed by atoms with Crippen LogP contribution in [-0.2, 0) is 0 Å². The number of para-hydroxylation sites is 4. The predicted octanol–water partition coefficient (Wildman–Crippen LogP) is 11.0. The summed E-state index contributed by atoms with van der Waals surface area (Å²) in [7, 11) is 0. The molecule has 0 radical (unpaired) electrons. The Morgan fingerprint density at radius 2 is 1.28 bits per heavy atom. The molecule has 7 heteroatoms. The van der Waals surface area contributed by atoms with Crippen molar-refractivity contribution in [1.82, 2.24) is 24.5 Å². The van der Waals surface area contributed by atoms with Crippen molar-refractivity contribution in [2.75, 3.05) is 0 Å². The van der Waals surface area contributed by atoms with E-state index in [1.807, 2.05) is 72.8 Å². The molecule has 256 valence electrons. The van der Waals surface area contributed by atoms with Gasteiger partial charge < -0.3 is 13.7 Å². The van der Waals surface area contributed by atoms with Gasteiger partial charge >= 0.3 is 0 Å². The van der Waals surface area contributed by atoms with Gasteiger partial charge in [0.15, 0.2) is 23.1 Å². The molecule has 0 spiro atoms. The van der Waals surface area contributed by atoms with Crippen molar-refractivity contribution in [3.05, 3.63) is 175 Å². The quantitative estimate of drug-likeness (QED) is 0.178. The fourth-order valence-electron chi connectivity index (χ4n) is 8.24. The van der Waals surface area contributed by atoms with E-state index < -0.39 is 5.60 Å². The first-order chi connectivity index (χ1) is 26.6. The summed E-state index contributed by atoms with van der Waals surface area (Å²) in [6, 6.07) is 49.6. The monoisotopic (exact) mass is 697 g/mol. The van der Waals surface area contributed by atoms with Crippen LogP contribution in [0.3, 0.4) is 0 Å². The Balaban J connectivity index is 1.06. The maximum atomic E-state index is 6.89. The summed E-state index contributed by atoms with van der Waals surface area (Å²) < 4.78 is 15.5. The Hall–Kier alpha value is -7.12. The zero-order chi connectivity index (χ0) is 35.8. The summed E-state index contributed by atoms with van der Waals surface area (Å²) in [5.74, 6) is 2.97. The molecule has 9 aromatic rings. The molecule has 1 aliphatic heterocycles. The smallest absolute Gasteiger partial charge is 0.227 e. The van der Waals surface area contributed by atoms with Gasteiger partial charge in [-0.15, -0.1) is 0 Å². The van der Waals surface area contributed by atoms with Crippen LogP contribution in [0.1, 0.15) is 24.3 Å². The first-order valence-corrected chi connectivity index (χ1v) is 18.1. The molecule has 2 atom stereocenters. The summed E-state index contributed by atoms with van der Waals surface area (Å²) in [5.41, 5.74) is 8.72. The van der Waals surface area contributed by atoms with Crippen LogP contribution in [0.15, 0.2) is 168 Å². The second-order valence-electron chi connectivity index (χ2n) is 13.9. The van der Waals surface area contributed by atoms with E-state index in [-0.39, 0.29) is 5.92 Å². The van der Waals surface area contributed by atoms with E-state index in [9.17, 15) is 0 Å². The lowest BCUT2D eigenvalue weighted by Crippen LogP contribution is -2.36. The minimum atomic E-state index is -0.761. The average molecular weight is 698 g/mol. The largest absolute Gasteiger partial charge is 0.481 e. The standard InChI is InChI=1S/C47H31N5O2/c1-47-35(21-13-22-36(47)46-48-37-23-7-10-26-40(37)53-46)42-34(20-12-27-41(42)54-47)45-50-43(29-14-3-2-4-15-29)49-44(51-45)30-16-11-17-31(28-30)52-38-24-8-5-18-32(38)33-19-6-9-25-39(33)52/h2-28,35H,1H3. The number of aromatic nitrogens is 5. The highest BCUT2D eigenvalue weighted by atomic mass is 16.5. The molecule has 6 aromatic carbocycles. The average Bonchev–Trinajstić information content (AvgIpc) is 3.90. The summed E-state index contributed by atoms with van der Waals surface area (Å²) in [5, 5.41) is 2.43.